The van der Waals surface area contributed by atoms with Crippen LogP contribution in [0.2, 0.25) is 0 Å². The molecule has 0 saturated heterocycles. The van der Waals surface area contributed by atoms with E-state index in [9.17, 15) is 0 Å². The van der Waals surface area contributed by atoms with Crippen molar-refractivity contribution in [2.24, 2.45) is 12.0 Å². The first-order chi connectivity index (χ1) is 11.2. The molecular formula is C17H22IN5S. The average molecular weight is 455 g/mol. The normalized spacial score (nSPS) is 11.4. The minimum Gasteiger partial charge on any atom is -0.352 e. The summed E-state index contributed by atoms with van der Waals surface area (Å²) in [4.78, 5) is 11.6. The van der Waals surface area contributed by atoms with E-state index >= 15 is 0 Å². The van der Waals surface area contributed by atoms with Crippen LogP contribution in [-0.4, -0.2) is 22.6 Å². The van der Waals surface area contributed by atoms with E-state index in [-0.39, 0.29) is 24.0 Å². The molecule has 0 unspecified atom stereocenters. The molecule has 0 aliphatic heterocycles. The molecule has 0 fully saturated rings. The number of aliphatic imine (C=N–C) groups is 1. The van der Waals surface area contributed by atoms with Gasteiger partial charge in [-0.3, -0.25) is 4.99 Å². The third-order valence-electron chi connectivity index (χ3n) is 3.74. The lowest BCUT2D eigenvalue weighted by Gasteiger charge is -2.11. The number of nitrogens with zero attached hydrogens (tertiary/aromatic N) is 3. The molecule has 0 spiro atoms. The zero-order valence-electron chi connectivity index (χ0n) is 14.0. The number of benzene rings is 1. The number of guanidine groups is 1. The largest absolute Gasteiger partial charge is 0.352 e. The van der Waals surface area contributed by atoms with Crippen LogP contribution in [0, 0.1) is 6.92 Å². The van der Waals surface area contributed by atoms with Crippen molar-refractivity contribution in [3.05, 3.63) is 52.0 Å². The summed E-state index contributed by atoms with van der Waals surface area (Å²) in [5, 5.41) is 6.66. The van der Waals surface area contributed by atoms with Crippen LogP contribution in [0.5, 0.6) is 0 Å². The lowest BCUT2D eigenvalue weighted by Crippen LogP contribution is -2.36. The Morgan fingerprint density at radius 1 is 1.17 bits per heavy atom. The summed E-state index contributed by atoms with van der Waals surface area (Å²) >= 11 is 1.80. The van der Waals surface area contributed by atoms with E-state index in [1.807, 2.05) is 25.2 Å². The molecule has 0 atom stereocenters. The first-order valence-electron chi connectivity index (χ1n) is 7.57. The number of para-hydroxylation sites is 2. The molecule has 0 bridgehead atoms. The molecule has 0 aliphatic carbocycles. The summed E-state index contributed by atoms with van der Waals surface area (Å²) in [6.07, 6.45) is 0. The number of thiophene rings is 1. The molecular weight excluding hydrogens is 433 g/mol. The van der Waals surface area contributed by atoms with Gasteiger partial charge in [-0.1, -0.05) is 12.1 Å². The molecule has 2 heterocycles. The molecule has 0 saturated carbocycles. The molecule has 5 nitrogen and oxygen atoms in total. The maximum absolute atomic E-state index is 4.66. The fourth-order valence-corrected chi connectivity index (χ4v) is 3.32. The minimum atomic E-state index is 0. The van der Waals surface area contributed by atoms with Crippen LogP contribution in [0.3, 0.4) is 0 Å². The van der Waals surface area contributed by atoms with E-state index in [0.717, 1.165) is 29.4 Å². The van der Waals surface area contributed by atoms with E-state index < -0.39 is 0 Å². The molecule has 2 N–H and O–H groups in total. The third-order valence-corrected chi connectivity index (χ3v) is 4.74. The van der Waals surface area contributed by atoms with E-state index in [1.54, 1.807) is 18.4 Å². The Morgan fingerprint density at radius 3 is 2.58 bits per heavy atom. The Hall–Kier alpha value is -1.61. The summed E-state index contributed by atoms with van der Waals surface area (Å²) < 4.78 is 2.11. The highest BCUT2D eigenvalue weighted by atomic mass is 127. The standard InChI is InChI=1S/C17H21N5S.HI/c1-12-8-9-13(23-12)10-19-17(18-2)20-11-16-21-14-6-4-5-7-15(14)22(16)3;/h4-9H,10-11H2,1-3H3,(H2,18,19,20);1H. The maximum atomic E-state index is 4.66. The Balaban J connectivity index is 0.00000208. The van der Waals surface area contributed by atoms with Gasteiger partial charge in [0.05, 0.1) is 24.1 Å². The molecule has 2 aromatic heterocycles. The van der Waals surface area contributed by atoms with Crippen molar-refractivity contribution >= 4 is 52.3 Å². The Morgan fingerprint density at radius 2 is 1.92 bits per heavy atom. The van der Waals surface area contributed by atoms with E-state index in [2.05, 4.69) is 50.3 Å². The van der Waals surface area contributed by atoms with E-state index in [4.69, 9.17) is 0 Å². The number of rotatable bonds is 4. The van der Waals surface area contributed by atoms with E-state index in [1.165, 1.54) is 9.75 Å². The number of nitrogens with one attached hydrogen (secondary N) is 2. The zero-order valence-corrected chi connectivity index (χ0v) is 17.2. The van der Waals surface area contributed by atoms with Crippen molar-refractivity contribution in [2.75, 3.05) is 7.05 Å². The molecule has 7 heteroatoms. The number of hydrogen-bond donors (Lipinski definition) is 2. The van der Waals surface area contributed by atoms with Crippen molar-refractivity contribution in [1.82, 2.24) is 20.2 Å². The lowest BCUT2D eigenvalue weighted by molar-refractivity contribution is 0.738. The van der Waals surface area contributed by atoms with Gasteiger partial charge in [0.2, 0.25) is 0 Å². The van der Waals surface area contributed by atoms with Crippen LogP contribution in [0.4, 0.5) is 0 Å². The van der Waals surface area contributed by atoms with Gasteiger partial charge in [0.25, 0.3) is 0 Å². The monoisotopic (exact) mass is 455 g/mol. The first kappa shape index (κ1) is 18.7. The molecule has 24 heavy (non-hydrogen) atoms. The van der Waals surface area contributed by atoms with Crippen molar-refractivity contribution in [1.29, 1.82) is 0 Å². The van der Waals surface area contributed by atoms with Crippen LogP contribution in [-0.2, 0) is 20.1 Å². The fourth-order valence-electron chi connectivity index (χ4n) is 2.49. The summed E-state index contributed by atoms with van der Waals surface area (Å²) in [6.45, 7) is 3.53. The van der Waals surface area contributed by atoms with Crippen molar-refractivity contribution < 1.29 is 0 Å². The van der Waals surface area contributed by atoms with Gasteiger partial charge in [0.15, 0.2) is 5.96 Å². The summed E-state index contributed by atoms with van der Waals surface area (Å²) in [5.41, 5.74) is 2.16. The van der Waals surface area contributed by atoms with Crippen LogP contribution in [0.15, 0.2) is 41.4 Å². The fraction of sp³-hybridized carbons (Fsp3) is 0.294. The summed E-state index contributed by atoms with van der Waals surface area (Å²) in [7, 11) is 3.82. The smallest absolute Gasteiger partial charge is 0.191 e. The SMILES string of the molecule is CN=C(NCc1ccc(C)s1)NCc1nc2ccccc2n1C.I. The second-order valence-corrected chi connectivity index (χ2v) is 6.74. The zero-order chi connectivity index (χ0) is 16.2. The van der Waals surface area contributed by atoms with Gasteiger partial charge in [-0.05, 0) is 31.2 Å². The molecule has 128 valence electrons. The van der Waals surface area contributed by atoms with Crippen LogP contribution in [0.1, 0.15) is 15.6 Å². The van der Waals surface area contributed by atoms with Crippen molar-refractivity contribution in [3.8, 4) is 0 Å². The van der Waals surface area contributed by atoms with Gasteiger partial charge in [-0.2, -0.15) is 0 Å². The highest BCUT2D eigenvalue weighted by Crippen LogP contribution is 2.15. The highest BCUT2D eigenvalue weighted by Gasteiger charge is 2.07. The van der Waals surface area contributed by atoms with Gasteiger partial charge < -0.3 is 15.2 Å². The number of imidazole rings is 1. The number of fused-ring (bicyclic) bond motifs is 1. The van der Waals surface area contributed by atoms with Gasteiger partial charge >= 0.3 is 0 Å². The highest BCUT2D eigenvalue weighted by molar-refractivity contribution is 14.0. The van der Waals surface area contributed by atoms with Crippen molar-refractivity contribution in [3.63, 3.8) is 0 Å². The quantitative estimate of drug-likeness (QED) is 0.360. The molecule has 0 aliphatic rings. The second kappa shape index (κ2) is 8.48. The van der Waals surface area contributed by atoms with Gasteiger partial charge in [-0.25, -0.2) is 4.98 Å². The van der Waals surface area contributed by atoms with Gasteiger partial charge in [-0.15, -0.1) is 35.3 Å². The number of aromatic nitrogens is 2. The average Bonchev–Trinajstić information content (AvgIpc) is 3.12. The number of aryl methyl sites for hydroxylation is 2. The lowest BCUT2D eigenvalue weighted by atomic mass is 10.3. The molecule has 3 rings (SSSR count). The summed E-state index contributed by atoms with van der Waals surface area (Å²) in [5.74, 6) is 1.77. The third kappa shape index (κ3) is 4.27. The summed E-state index contributed by atoms with van der Waals surface area (Å²) in [6, 6.07) is 12.4. The Labute approximate surface area is 163 Å². The maximum Gasteiger partial charge on any atom is 0.191 e. The first-order valence-corrected chi connectivity index (χ1v) is 8.39. The van der Waals surface area contributed by atoms with Gasteiger partial charge in [0, 0.05) is 23.8 Å². The molecule has 0 amide bonds. The molecule has 1 aromatic carbocycles. The molecule has 0 radical (unpaired) electrons. The van der Waals surface area contributed by atoms with Crippen LogP contribution < -0.4 is 10.6 Å². The number of halogens is 1. The Kier molecular flexibility index (Phi) is 6.61. The van der Waals surface area contributed by atoms with Gasteiger partial charge in [0.1, 0.15) is 5.82 Å². The van der Waals surface area contributed by atoms with Crippen molar-refractivity contribution in [2.45, 2.75) is 20.0 Å². The predicted molar refractivity (Wildman–Crippen MR) is 112 cm³/mol. The van der Waals surface area contributed by atoms with Crippen LogP contribution >= 0.6 is 35.3 Å². The second-order valence-electron chi connectivity index (χ2n) is 5.37. The Bertz CT molecular complexity index is 836. The number of hydrogen-bond acceptors (Lipinski definition) is 3. The minimum absolute atomic E-state index is 0. The predicted octanol–water partition coefficient (Wildman–Crippen LogP) is 3.43. The van der Waals surface area contributed by atoms with Crippen LogP contribution in [0.25, 0.3) is 11.0 Å². The topological polar surface area (TPSA) is 54.2 Å². The molecule has 3 aromatic rings. The van der Waals surface area contributed by atoms with E-state index in [0.29, 0.717) is 6.54 Å².